The smallest absolute Gasteiger partial charge is 0.138 e. The summed E-state index contributed by atoms with van der Waals surface area (Å²) in [5, 5.41) is 0. The first-order chi connectivity index (χ1) is 7.40. The third-order valence-electron chi connectivity index (χ3n) is 2.98. The summed E-state index contributed by atoms with van der Waals surface area (Å²) in [5.74, 6) is 0.335. The zero-order valence-electron chi connectivity index (χ0n) is 10.7. The first kappa shape index (κ1) is 13.3. The van der Waals surface area contributed by atoms with Crippen LogP contribution in [0, 0.1) is 11.8 Å². The Bertz CT molecular complexity index is 246. The van der Waals surface area contributed by atoms with Crippen molar-refractivity contribution in [2.45, 2.75) is 12.8 Å². The van der Waals surface area contributed by atoms with E-state index in [-0.39, 0.29) is 23.4 Å². The van der Waals surface area contributed by atoms with Gasteiger partial charge in [0.15, 0.2) is 0 Å². The van der Waals surface area contributed by atoms with Gasteiger partial charge >= 0.3 is 0 Å². The van der Waals surface area contributed by atoms with Crippen molar-refractivity contribution in [1.29, 1.82) is 0 Å². The molecule has 1 fully saturated rings. The highest BCUT2D eigenvalue weighted by Gasteiger charge is 2.34. The van der Waals surface area contributed by atoms with Crippen molar-refractivity contribution in [2.75, 3.05) is 41.3 Å². The molecule has 2 unspecified atom stereocenters. The molecule has 0 heterocycles. The van der Waals surface area contributed by atoms with Gasteiger partial charge in [-0.05, 0) is 28.2 Å². The lowest BCUT2D eigenvalue weighted by Crippen LogP contribution is -2.41. The summed E-state index contributed by atoms with van der Waals surface area (Å²) in [5.41, 5.74) is 0. The number of hydrogen-bond donors (Lipinski definition) is 0. The Balaban J connectivity index is 2.56. The Kier molecular flexibility index (Phi) is 4.62. The molecule has 1 aliphatic rings. The maximum atomic E-state index is 11.9. The van der Waals surface area contributed by atoms with Crippen molar-refractivity contribution in [1.82, 2.24) is 9.80 Å². The maximum Gasteiger partial charge on any atom is 0.138 e. The first-order valence-corrected chi connectivity index (χ1v) is 5.75. The Morgan fingerprint density at radius 2 is 1.19 bits per heavy atom. The lowest BCUT2D eigenvalue weighted by Gasteiger charge is -2.29. The van der Waals surface area contributed by atoms with Gasteiger partial charge in [-0.2, -0.15) is 0 Å². The molecule has 0 N–H and O–H groups in total. The highest BCUT2D eigenvalue weighted by Crippen LogP contribution is 2.24. The summed E-state index contributed by atoms with van der Waals surface area (Å²) in [6, 6.07) is 0. The minimum absolute atomic E-state index is 0.0825. The predicted molar refractivity (Wildman–Crippen MR) is 63.3 cm³/mol. The Morgan fingerprint density at radius 1 is 0.875 bits per heavy atom. The van der Waals surface area contributed by atoms with E-state index in [1.165, 1.54) is 0 Å². The normalized spacial score (nSPS) is 26.9. The van der Waals surface area contributed by atoms with E-state index in [4.69, 9.17) is 0 Å². The number of nitrogens with zero attached hydrogens (tertiary/aromatic N) is 2. The van der Waals surface area contributed by atoms with Crippen molar-refractivity contribution in [2.24, 2.45) is 11.8 Å². The van der Waals surface area contributed by atoms with E-state index >= 15 is 0 Å². The summed E-state index contributed by atoms with van der Waals surface area (Å²) in [7, 11) is 7.74. The van der Waals surface area contributed by atoms with Crippen LogP contribution >= 0.6 is 0 Å². The molecular weight excluding hydrogens is 204 g/mol. The zero-order chi connectivity index (χ0) is 12.3. The third-order valence-corrected chi connectivity index (χ3v) is 2.98. The van der Waals surface area contributed by atoms with E-state index < -0.39 is 0 Å². The van der Waals surface area contributed by atoms with Crippen molar-refractivity contribution < 1.29 is 9.59 Å². The van der Waals surface area contributed by atoms with Gasteiger partial charge in [-0.15, -0.1) is 0 Å². The van der Waals surface area contributed by atoms with Crippen LogP contribution in [0.15, 0.2) is 0 Å². The highest BCUT2D eigenvalue weighted by atomic mass is 16.1. The molecule has 1 rings (SSSR count). The second-order valence-corrected chi connectivity index (χ2v) is 5.26. The number of carbonyl (C=O) groups is 2. The van der Waals surface area contributed by atoms with Crippen LogP contribution in [0.2, 0.25) is 0 Å². The molecule has 0 aromatic rings. The number of Topliss-reactive ketones (excluding diaryl/α,β-unsaturated/α-hetero) is 2. The first-order valence-electron chi connectivity index (χ1n) is 5.75. The highest BCUT2D eigenvalue weighted by molar-refractivity contribution is 5.96. The quantitative estimate of drug-likeness (QED) is 0.690. The molecule has 4 nitrogen and oxygen atoms in total. The Hall–Kier alpha value is -0.740. The fraction of sp³-hybridized carbons (Fsp3) is 0.833. The van der Waals surface area contributed by atoms with Gasteiger partial charge in [-0.25, -0.2) is 0 Å². The van der Waals surface area contributed by atoms with E-state index in [2.05, 4.69) is 0 Å². The van der Waals surface area contributed by atoms with Crippen LogP contribution in [0.25, 0.3) is 0 Å². The van der Waals surface area contributed by atoms with Gasteiger partial charge in [0.2, 0.25) is 0 Å². The van der Waals surface area contributed by atoms with E-state index in [0.717, 1.165) is 0 Å². The second-order valence-electron chi connectivity index (χ2n) is 5.26. The molecule has 2 atom stereocenters. The van der Waals surface area contributed by atoms with Crippen LogP contribution in [0.1, 0.15) is 12.8 Å². The van der Waals surface area contributed by atoms with Crippen LogP contribution in [0.3, 0.4) is 0 Å². The van der Waals surface area contributed by atoms with Gasteiger partial charge in [0.25, 0.3) is 0 Å². The van der Waals surface area contributed by atoms with Gasteiger partial charge in [0, 0.05) is 37.8 Å². The molecule has 0 amide bonds. The molecule has 1 aliphatic carbocycles. The van der Waals surface area contributed by atoms with Crippen LogP contribution < -0.4 is 0 Å². The van der Waals surface area contributed by atoms with Gasteiger partial charge in [-0.1, -0.05) is 0 Å². The predicted octanol–water partition coefficient (Wildman–Crippen LogP) is 0.274. The van der Waals surface area contributed by atoms with Crippen molar-refractivity contribution in [3.8, 4) is 0 Å². The van der Waals surface area contributed by atoms with Crippen LogP contribution in [0.5, 0.6) is 0 Å². The molecule has 0 aliphatic heterocycles. The maximum absolute atomic E-state index is 11.9. The van der Waals surface area contributed by atoms with E-state index in [9.17, 15) is 9.59 Å². The third kappa shape index (κ3) is 3.68. The number of ketones is 2. The fourth-order valence-electron chi connectivity index (χ4n) is 2.26. The summed E-state index contributed by atoms with van der Waals surface area (Å²) >= 11 is 0. The monoisotopic (exact) mass is 226 g/mol. The lowest BCUT2D eigenvalue weighted by molar-refractivity contribution is -0.137. The lowest BCUT2D eigenvalue weighted by atomic mass is 9.79. The number of carbonyl (C=O) groups excluding carboxylic acids is 2. The molecule has 0 bridgehead atoms. The molecule has 0 radical (unpaired) electrons. The summed E-state index contributed by atoms with van der Waals surface area (Å²) in [4.78, 5) is 27.7. The second kappa shape index (κ2) is 5.55. The summed E-state index contributed by atoms with van der Waals surface area (Å²) in [6.07, 6.45) is 0.852. The average molecular weight is 226 g/mol. The van der Waals surface area contributed by atoms with Gasteiger partial charge in [0.1, 0.15) is 11.6 Å². The minimum atomic E-state index is -0.0825. The minimum Gasteiger partial charge on any atom is -0.309 e. The van der Waals surface area contributed by atoms with Crippen LogP contribution in [-0.4, -0.2) is 62.6 Å². The number of rotatable bonds is 4. The molecule has 0 aromatic carbocycles. The Labute approximate surface area is 97.6 Å². The van der Waals surface area contributed by atoms with E-state index in [0.29, 0.717) is 25.9 Å². The van der Waals surface area contributed by atoms with Crippen molar-refractivity contribution >= 4 is 11.6 Å². The fourth-order valence-corrected chi connectivity index (χ4v) is 2.26. The van der Waals surface area contributed by atoms with Gasteiger partial charge in [-0.3, -0.25) is 9.59 Å². The molecule has 92 valence electrons. The zero-order valence-corrected chi connectivity index (χ0v) is 10.7. The van der Waals surface area contributed by atoms with Gasteiger partial charge < -0.3 is 9.80 Å². The number of hydrogen-bond acceptors (Lipinski definition) is 4. The molecule has 0 saturated heterocycles. The van der Waals surface area contributed by atoms with Crippen molar-refractivity contribution in [3.63, 3.8) is 0 Å². The standard InChI is InChI=1S/C12H22N2O2/c1-13(2)7-9-5-12(16)10(6-11(9)15)8-14(3)4/h9-10H,5-8H2,1-4H3. The topological polar surface area (TPSA) is 40.6 Å². The largest absolute Gasteiger partial charge is 0.309 e. The molecule has 0 aromatic heterocycles. The Morgan fingerprint density at radius 3 is 1.44 bits per heavy atom. The molecule has 1 saturated carbocycles. The summed E-state index contributed by atoms with van der Waals surface area (Å²) < 4.78 is 0. The van der Waals surface area contributed by atoms with E-state index in [1.807, 2.05) is 38.0 Å². The van der Waals surface area contributed by atoms with Crippen LogP contribution in [-0.2, 0) is 9.59 Å². The average Bonchev–Trinajstić information content (AvgIpc) is 2.11. The molecular formula is C12H22N2O2. The summed E-state index contributed by atoms with van der Waals surface area (Å²) in [6.45, 7) is 1.39. The van der Waals surface area contributed by atoms with Gasteiger partial charge in [0.05, 0.1) is 0 Å². The van der Waals surface area contributed by atoms with E-state index in [1.54, 1.807) is 0 Å². The molecule has 0 spiro atoms. The SMILES string of the molecule is CN(C)CC1CC(=O)C(CN(C)C)CC1=O. The molecule has 4 heteroatoms. The van der Waals surface area contributed by atoms with Crippen LogP contribution in [0.4, 0.5) is 0 Å². The van der Waals surface area contributed by atoms with Crippen molar-refractivity contribution in [3.05, 3.63) is 0 Å². The molecule has 16 heavy (non-hydrogen) atoms.